The lowest BCUT2D eigenvalue weighted by atomic mass is 10.0. The van der Waals surface area contributed by atoms with Gasteiger partial charge in [0.1, 0.15) is 0 Å². The summed E-state index contributed by atoms with van der Waals surface area (Å²) in [7, 11) is 0. The number of rotatable bonds is 4. The fourth-order valence-electron chi connectivity index (χ4n) is 1.39. The quantitative estimate of drug-likeness (QED) is 0.439. The van der Waals surface area contributed by atoms with Gasteiger partial charge in [-0.15, -0.1) is 6.58 Å². The van der Waals surface area contributed by atoms with Gasteiger partial charge in [0.2, 0.25) is 12.2 Å². The minimum absolute atomic E-state index is 0.423. The van der Waals surface area contributed by atoms with Gasteiger partial charge >= 0.3 is 0 Å². The third kappa shape index (κ3) is 2.61. The molecule has 0 heterocycles. The van der Waals surface area contributed by atoms with Gasteiger partial charge in [0.05, 0.1) is 11.4 Å². The smallest absolute Gasteiger partial charge is 0.211 e. The zero-order chi connectivity index (χ0) is 12.0. The lowest BCUT2D eigenvalue weighted by Crippen LogP contribution is -1.87. The Kier molecular flexibility index (Phi) is 4.10. The minimum Gasteiger partial charge on any atom is -0.211 e. The summed E-state index contributed by atoms with van der Waals surface area (Å²) in [4.78, 5) is 27.5. The number of isocyanates is 2. The second kappa shape index (κ2) is 5.56. The summed E-state index contributed by atoms with van der Waals surface area (Å²) < 4.78 is 0. The third-order valence-electron chi connectivity index (χ3n) is 2.18. The molecule has 0 aliphatic heterocycles. The van der Waals surface area contributed by atoms with Crippen molar-refractivity contribution in [1.29, 1.82) is 0 Å². The van der Waals surface area contributed by atoms with Crippen molar-refractivity contribution in [2.45, 2.75) is 13.3 Å². The second-order valence-corrected chi connectivity index (χ2v) is 3.15. The van der Waals surface area contributed by atoms with Crippen molar-refractivity contribution in [3.63, 3.8) is 0 Å². The fourth-order valence-corrected chi connectivity index (χ4v) is 1.39. The molecule has 16 heavy (non-hydrogen) atoms. The summed E-state index contributed by atoms with van der Waals surface area (Å²) in [5.41, 5.74) is 2.66. The molecule has 0 aliphatic carbocycles. The number of hydrogen-bond acceptors (Lipinski definition) is 4. The molecule has 4 nitrogen and oxygen atoms in total. The number of nitrogens with zero attached hydrogens (tertiary/aromatic N) is 2. The van der Waals surface area contributed by atoms with Gasteiger partial charge in [-0.05, 0) is 36.6 Å². The van der Waals surface area contributed by atoms with Crippen LogP contribution in [0.4, 0.5) is 11.4 Å². The SMILES string of the molecule is C=CCc1cc(N=C=O)cc(N=C=O)c1C. The molecule has 0 aliphatic rings. The van der Waals surface area contributed by atoms with Gasteiger partial charge in [0.15, 0.2) is 0 Å². The molecule has 1 rings (SSSR count). The molecule has 0 radical (unpaired) electrons. The van der Waals surface area contributed by atoms with E-state index in [2.05, 4.69) is 16.6 Å². The Morgan fingerprint density at radius 3 is 2.56 bits per heavy atom. The highest BCUT2D eigenvalue weighted by Crippen LogP contribution is 2.28. The van der Waals surface area contributed by atoms with Gasteiger partial charge in [0, 0.05) is 0 Å². The molecule has 0 saturated heterocycles. The van der Waals surface area contributed by atoms with E-state index in [1.165, 1.54) is 18.2 Å². The Morgan fingerprint density at radius 2 is 2.00 bits per heavy atom. The molecule has 0 saturated carbocycles. The van der Waals surface area contributed by atoms with Crippen molar-refractivity contribution in [2.75, 3.05) is 0 Å². The van der Waals surface area contributed by atoms with Gasteiger partial charge in [-0.2, -0.15) is 9.98 Å². The fraction of sp³-hybridized carbons (Fsp3) is 0.167. The minimum atomic E-state index is 0.423. The second-order valence-electron chi connectivity index (χ2n) is 3.15. The van der Waals surface area contributed by atoms with E-state index in [9.17, 15) is 9.59 Å². The predicted octanol–water partition coefficient (Wildman–Crippen LogP) is 2.66. The number of carbonyl (C=O) groups excluding carboxylic acids is 2. The lowest BCUT2D eigenvalue weighted by Gasteiger charge is -2.06. The molecule has 0 spiro atoms. The van der Waals surface area contributed by atoms with E-state index in [-0.39, 0.29) is 0 Å². The van der Waals surface area contributed by atoms with Crippen LogP contribution in [0.5, 0.6) is 0 Å². The number of hydrogen-bond donors (Lipinski definition) is 0. The maximum absolute atomic E-state index is 10.2. The van der Waals surface area contributed by atoms with Crippen LogP contribution in [-0.2, 0) is 16.0 Å². The average molecular weight is 214 g/mol. The van der Waals surface area contributed by atoms with Crippen LogP contribution < -0.4 is 0 Å². The van der Waals surface area contributed by atoms with Crippen molar-refractivity contribution in [3.8, 4) is 0 Å². The van der Waals surface area contributed by atoms with Crippen LogP contribution >= 0.6 is 0 Å². The number of aliphatic imine (C=N–C) groups is 2. The van der Waals surface area contributed by atoms with Crippen LogP contribution in [0.15, 0.2) is 34.8 Å². The monoisotopic (exact) mass is 214 g/mol. The Labute approximate surface area is 93.0 Å². The first kappa shape index (κ1) is 11.8. The van der Waals surface area contributed by atoms with E-state index in [4.69, 9.17) is 0 Å². The largest absolute Gasteiger partial charge is 0.240 e. The van der Waals surface area contributed by atoms with Crippen LogP contribution in [-0.4, -0.2) is 12.2 Å². The zero-order valence-corrected chi connectivity index (χ0v) is 8.86. The Morgan fingerprint density at radius 1 is 1.31 bits per heavy atom. The van der Waals surface area contributed by atoms with E-state index >= 15 is 0 Å². The Balaban J connectivity index is 3.42. The molecule has 1 aromatic carbocycles. The first-order valence-electron chi connectivity index (χ1n) is 4.63. The molecule has 0 amide bonds. The average Bonchev–Trinajstić information content (AvgIpc) is 2.26. The van der Waals surface area contributed by atoms with E-state index in [0.717, 1.165) is 11.1 Å². The van der Waals surface area contributed by atoms with Crippen LogP contribution in [0.3, 0.4) is 0 Å². The molecule has 0 unspecified atom stereocenters. The van der Waals surface area contributed by atoms with Crippen molar-refractivity contribution in [1.82, 2.24) is 0 Å². The molecule has 0 bridgehead atoms. The van der Waals surface area contributed by atoms with Crippen LogP contribution in [0, 0.1) is 6.92 Å². The van der Waals surface area contributed by atoms with Crippen molar-refractivity contribution in [3.05, 3.63) is 35.9 Å². The normalized spacial score (nSPS) is 8.81. The van der Waals surface area contributed by atoms with E-state index in [1.54, 1.807) is 12.1 Å². The topological polar surface area (TPSA) is 58.9 Å². The lowest BCUT2D eigenvalue weighted by molar-refractivity contribution is 0.565. The maximum atomic E-state index is 10.2. The van der Waals surface area contributed by atoms with Gasteiger partial charge in [-0.3, -0.25) is 0 Å². The first-order valence-corrected chi connectivity index (χ1v) is 4.63. The standard InChI is InChI=1S/C12H10N2O2/c1-3-4-10-5-11(13-7-15)6-12(9(10)2)14-8-16/h3,5-6H,1,4H2,2H3. The van der Waals surface area contributed by atoms with Crippen LogP contribution in [0.2, 0.25) is 0 Å². The third-order valence-corrected chi connectivity index (χ3v) is 2.18. The molecular weight excluding hydrogens is 204 g/mol. The highest BCUT2D eigenvalue weighted by Gasteiger charge is 2.05. The summed E-state index contributed by atoms with van der Waals surface area (Å²) in [6.45, 7) is 5.47. The van der Waals surface area contributed by atoms with Gasteiger partial charge in [0.25, 0.3) is 0 Å². The Hall–Kier alpha value is -2.28. The summed E-state index contributed by atoms with van der Waals surface area (Å²) >= 11 is 0. The van der Waals surface area contributed by atoms with E-state index in [1.807, 2.05) is 6.92 Å². The predicted molar refractivity (Wildman–Crippen MR) is 60.6 cm³/mol. The Bertz CT molecular complexity index is 508. The van der Waals surface area contributed by atoms with Crippen molar-refractivity contribution in [2.24, 2.45) is 9.98 Å². The van der Waals surface area contributed by atoms with Crippen molar-refractivity contribution < 1.29 is 9.59 Å². The molecule has 0 aromatic heterocycles. The highest BCUT2D eigenvalue weighted by molar-refractivity contribution is 5.64. The molecule has 0 atom stereocenters. The molecule has 0 N–H and O–H groups in total. The molecule has 80 valence electrons. The molecule has 1 aromatic rings. The van der Waals surface area contributed by atoms with Crippen LogP contribution in [0.1, 0.15) is 11.1 Å². The summed E-state index contributed by atoms with van der Waals surface area (Å²) in [6, 6.07) is 3.28. The molecule has 0 fully saturated rings. The van der Waals surface area contributed by atoms with E-state index in [0.29, 0.717) is 17.8 Å². The summed E-state index contributed by atoms with van der Waals surface area (Å²) in [5, 5.41) is 0. The maximum Gasteiger partial charge on any atom is 0.240 e. The molecule has 4 heteroatoms. The van der Waals surface area contributed by atoms with Gasteiger partial charge in [-0.1, -0.05) is 6.08 Å². The van der Waals surface area contributed by atoms with Gasteiger partial charge < -0.3 is 0 Å². The van der Waals surface area contributed by atoms with Crippen LogP contribution in [0.25, 0.3) is 0 Å². The first-order chi connectivity index (χ1) is 7.72. The molecular formula is C12H10N2O2. The van der Waals surface area contributed by atoms with Gasteiger partial charge in [-0.25, -0.2) is 9.59 Å². The number of allylic oxidation sites excluding steroid dienone is 1. The summed E-state index contributed by atoms with van der Waals surface area (Å²) in [5.74, 6) is 0. The summed E-state index contributed by atoms with van der Waals surface area (Å²) in [6.07, 6.45) is 5.27. The van der Waals surface area contributed by atoms with Crippen molar-refractivity contribution >= 4 is 23.5 Å². The van der Waals surface area contributed by atoms with E-state index < -0.39 is 0 Å². The number of benzene rings is 1. The highest BCUT2D eigenvalue weighted by atomic mass is 16.1. The zero-order valence-electron chi connectivity index (χ0n) is 8.86.